The van der Waals surface area contributed by atoms with E-state index in [1.807, 2.05) is 13.8 Å². The number of carbonyl (C=O) groups excluding carboxylic acids is 2. The number of rotatable bonds is 10. The summed E-state index contributed by atoms with van der Waals surface area (Å²) in [5, 5.41) is 26.8. The number of ether oxygens (including phenoxy) is 2. The van der Waals surface area contributed by atoms with E-state index in [2.05, 4.69) is 52.2 Å². The Balaban J connectivity index is 0.000000798. The molecule has 7 fully saturated rings. The fourth-order valence-electron chi connectivity index (χ4n) is 8.96. The molecule has 268 valence electrons. The predicted octanol–water partition coefficient (Wildman–Crippen LogP) is 7.24. The zero-order chi connectivity index (χ0) is 30.4. The molecule has 8 heteroatoms. The Bertz CT molecular complexity index is 967. The molecule has 6 aliphatic carbocycles. The van der Waals surface area contributed by atoms with E-state index in [4.69, 9.17) is 9.47 Å². The Hall–Kier alpha value is -1.22. The number of aliphatic hydroxyl groups is 2. The number of aliphatic hydroxyl groups excluding tert-OH is 1. The van der Waals surface area contributed by atoms with Crippen molar-refractivity contribution < 1.29 is 29.3 Å². The zero-order valence-corrected chi connectivity index (χ0v) is 27.0. The minimum Gasteiger partial charge on any atom is -0.390 e. The fraction of sp³-hybridized carbons (Fsp3) is 0.946. The van der Waals surface area contributed by atoms with Gasteiger partial charge in [-0.15, -0.1) is 0 Å². The fourth-order valence-corrected chi connectivity index (χ4v) is 8.96. The predicted molar refractivity (Wildman–Crippen MR) is 186 cm³/mol. The van der Waals surface area contributed by atoms with Gasteiger partial charge in [0.2, 0.25) is 11.8 Å². The highest BCUT2D eigenvalue weighted by Gasteiger charge is 2.71. The van der Waals surface area contributed by atoms with Crippen molar-refractivity contribution in [3.8, 4) is 0 Å². The van der Waals surface area contributed by atoms with Crippen molar-refractivity contribution in [1.82, 2.24) is 10.6 Å². The number of unbranched alkanes of at least 4 members (excludes halogenated alkanes) is 2. The van der Waals surface area contributed by atoms with Gasteiger partial charge in [-0.25, -0.2) is 0 Å². The van der Waals surface area contributed by atoms with Crippen molar-refractivity contribution in [2.24, 2.45) is 34.5 Å². The van der Waals surface area contributed by atoms with Crippen LogP contribution in [0, 0.1) is 34.5 Å². The number of carbonyl (C=O) groups is 2. The summed E-state index contributed by atoms with van der Waals surface area (Å²) >= 11 is 0. The van der Waals surface area contributed by atoms with E-state index in [9.17, 15) is 19.8 Å². The third-order valence-corrected chi connectivity index (χ3v) is 11.7. The summed E-state index contributed by atoms with van der Waals surface area (Å²) in [6.45, 7) is 18.5. The first-order valence-corrected chi connectivity index (χ1v) is 16.3. The summed E-state index contributed by atoms with van der Waals surface area (Å²) in [7, 11) is 0. The van der Waals surface area contributed by atoms with Gasteiger partial charge in [-0.2, -0.15) is 0 Å². The lowest BCUT2D eigenvalue weighted by atomic mass is 9.43. The maximum Gasteiger partial charge on any atom is 0.223 e. The van der Waals surface area contributed by atoms with E-state index in [1.165, 1.54) is 6.42 Å². The summed E-state index contributed by atoms with van der Waals surface area (Å²) in [5.41, 5.74) is -1.38. The van der Waals surface area contributed by atoms with Crippen LogP contribution in [0.15, 0.2) is 0 Å². The zero-order valence-electron chi connectivity index (χ0n) is 27.0. The van der Waals surface area contributed by atoms with E-state index in [1.54, 1.807) is 0 Å². The van der Waals surface area contributed by atoms with E-state index in [0.717, 1.165) is 45.1 Å². The number of hydrogen-bond donors (Lipinski definition) is 4. The first-order chi connectivity index (χ1) is 19.0. The van der Waals surface area contributed by atoms with Gasteiger partial charge >= 0.3 is 0 Å². The second kappa shape index (κ2) is 15.8. The maximum absolute atomic E-state index is 12.5. The molecule has 0 aromatic heterocycles. The lowest BCUT2D eigenvalue weighted by molar-refractivity contribution is -0.254. The van der Waals surface area contributed by atoms with Crippen LogP contribution in [0.3, 0.4) is 0 Å². The van der Waals surface area contributed by atoms with Gasteiger partial charge in [-0.1, -0.05) is 84.1 Å². The van der Waals surface area contributed by atoms with Crippen LogP contribution < -0.4 is 10.6 Å². The van der Waals surface area contributed by atoms with Crippen molar-refractivity contribution in [3.63, 3.8) is 0 Å². The van der Waals surface area contributed by atoms with Crippen LogP contribution in [0.5, 0.6) is 0 Å². The van der Waals surface area contributed by atoms with E-state index in [-0.39, 0.29) is 70.8 Å². The van der Waals surface area contributed by atoms with Crippen LogP contribution in [0.4, 0.5) is 0 Å². The Labute approximate surface area is 277 Å². The Morgan fingerprint density at radius 1 is 0.733 bits per heavy atom. The van der Waals surface area contributed by atoms with Crippen molar-refractivity contribution >= 4 is 11.8 Å². The standard InChI is InChI=1S/C18H31NO3.C15H27NO3.4CH4/c1-6-7-8-19-15(20)11-18-13-9-12(16(13,2)3)10-14(18)21-17(4,5)22-18;1-4-5-6-16-13(18)9-15(19)11-7-10(8-12(15)17)14(11,2)3;;;;/h12-14H,6-11H2,1-5H3,(H,19,20);10-12,17,19H,4-9H2,1-3H3,(H,16,18);4*1H4/t12?,13?,14?,18-;10?,11?,12?,15-;;;;/m11..../s1. The van der Waals surface area contributed by atoms with Gasteiger partial charge in [0.05, 0.1) is 25.0 Å². The average molecular weight is 643 g/mol. The molecule has 6 unspecified atom stereocenters. The highest BCUT2D eigenvalue weighted by Crippen LogP contribution is 2.68. The molecule has 7 rings (SSSR count). The van der Waals surface area contributed by atoms with Crippen molar-refractivity contribution in [2.45, 2.75) is 179 Å². The van der Waals surface area contributed by atoms with Crippen LogP contribution in [0.1, 0.15) is 149 Å². The van der Waals surface area contributed by atoms with Gasteiger partial charge in [0, 0.05) is 13.1 Å². The van der Waals surface area contributed by atoms with Crippen LogP contribution in [-0.2, 0) is 19.1 Å². The summed E-state index contributed by atoms with van der Waals surface area (Å²) < 4.78 is 12.6. The van der Waals surface area contributed by atoms with Gasteiger partial charge in [0.25, 0.3) is 0 Å². The minimum absolute atomic E-state index is 0. The molecule has 8 atom stereocenters. The SMILES string of the molecule is C.C.C.C.CCCCNC(=O)C[C@]1(O)C(O)CC2CC1C2(C)C.CCCCNC(=O)C[C@]12OC(C)(C)OC1CC1CC2C1(C)C. The third-order valence-electron chi connectivity index (χ3n) is 11.7. The van der Waals surface area contributed by atoms with Crippen LogP contribution >= 0.6 is 0 Å². The van der Waals surface area contributed by atoms with Crippen LogP contribution in [-0.4, -0.2) is 64.3 Å². The molecule has 0 aromatic rings. The number of hydrogen-bond acceptors (Lipinski definition) is 6. The topological polar surface area (TPSA) is 117 Å². The smallest absolute Gasteiger partial charge is 0.223 e. The largest absolute Gasteiger partial charge is 0.390 e. The summed E-state index contributed by atoms with van der Waals surface area (Å²) in [4.78, 5) is 24.4. The summed E-state index contributed by atoms with van der Waals surface area (Å²) in [6, 6.07) is 0. The summed E-state index contributed by atoms with van der Waals surface area (Å²) in [5.74, 6) is 1.03. The minimum atomic E-state index is -1.24. The van der Waals surface area contributed by atoms with Gasteiger partial charge in [0.15, 0.2) is 5.79 Å². The molecule has 1 aliphatic heterocycles. The molecule has 7 aliphatic rings. The molecule has 0 radical (unpaired) electrons. The quantitative estimate of drug-likeness (QED) is 0.187. The Morgan fingerprint density at radius 2 is 1.20 bits per heavy atom. The average Bonchev–Trinajstić information content (AvgIpc) is 3.15. The van der Waals surface area contributed by atoms with Gasteiger partial charge < -0.3 is 30.3 Å². The maximum atomic E-state index is 12.5. The number of nitrogens with one attached hydrogen (secondary N) is 2. The molecule has 0 aromatic carbocycles. The molecular weight excluding hydrogens is 568 g/mol. The molecule has 4 N–H and O–H groups in total. The summed E-state index contributed by atoms with van der Waals surface area (Å²) in [6.07, 6.45) is 7.61. The first-order valence-electron chi connectivity index (χ1n) is 16.3. The normalized spacial score (nSPS) is 36.6. The molecule has 1 heterocycles. The molecule has 8 nitrogen and oxygen atoms in total. The molecule has 4 bridgehead atoms. The van der Waals surface area contributed by atoms with Crippen molar-refractivity contribution in [2.75, 3.05) is 13.1 Å². The second-order valence-electron chi connectivity index (χ2n) is 15.4. The Kier molecular flexibility index (Phi) is 15.4. The van der Waals surface area contributed by atoms with Crippen LogP contribution in [0.25, 0.3) is 0 Å². The monoisotopic (exact) mass is 643 g/mol. The van der Waals surface area contributed by atoms with Gasteiger partial charge in [0.1, 0.15) is 11.2 Å². The molecular formula is C37H74N2O6. The molecule has 0 spiro atoms. The van der Waals surface area contributed by atoms with Crippen molar-refractivity contribution in [1.29, 1.82) is 0 Å². The second-order valence-corrected chi connectivity index (χ2v) is 15.4. The lowest BCUT2D eigenvalue weighted by Crippen LogP contribution is -2.68. The lowest BCUT2D eigenvalue weighted by Gasteiger charge is -2.64. The molecule has 2 amide bonds. The first kappa shape index (κ1) is 43.8. The van der Waals surface area contributed by atoms with E-state index >= 15 is 0 Å². The molecule has 1 saturated heterocycles. The third kappa shape index (κ3) is 8.09. The van der Waals surface area contributed by atoms with Gasteiger partial charge in [-0.3, -0.25) is 9.59 Å². The van der Waals surface area contributed by atoms with Crippen LogP contribution in [0.2, 0.25) is 0 Å². The highest BCUT2D eigenvalue weighted by atomic mass is 16.8. The highest BCUT2D eigenvalue weighted by molar-refractivity contribution is 5.78. The van der Waals surface area contributed by atoms with Gasteiger partial charge in [-0.05, 0) is 86.9 Å². The van der Waals surface area contributed by atoms with E-state index < -0.39 is 23.1 Å². The number of fused-ring (bicyclic) bond motifs is 2. The Morgan fingerprint density at radius 3 is 1.69 bits per heavy atom. The number of amides is 2. The van der Waals surface area contributed by atoms with Crippen molar-refractivity contribution in [3.05, 3.63) is 0 Å². The molecule has 45 heavy (non-hydrogen) atoms. The van der Waals surface area contributed by atoms with E-state index in [0.29, 0.717) is 37.1 Å². The molecule has 6 saturated carbocycles.